The molecule has 282 valence electrons. The molecular weight excluding hydrogens is 673 g/mol. The molecule has 0 unspecified atom stereocenters. The third kappa shape index (κ3) is 15.3. The molecule has 2 aromatic carbocycles. The maximum atomic E-state index is 14.0. The van der Waals surface area contributed by atoms with Gasteiger partial charge in [0.05, 0.1) is 21.7 Å². The van der Waals surface area contributed by atoms with Crippen LogP contribution in [-0.2, 0) is 4.79 Å². The number of nitrogens with zero attached hydrogens (tertiary/aromatic N) is 4. The monoisotopic (exact) mass is 737 g/mol. The molecule has 6 nitrogen and oxygen atoms in total. The van der Waals surface area contributed by atoms with Gasteiger partial charge >= 0.3 is 0 Å². The molecule has 2 aliphatic heterocycles. The molecule has 0 radical (unpaired) electrons. The second-order valence-corrected chi connectivity index (χ2v) is 15.9. The predicted molar refractivity (Wildman–Crippen MR) is 217 cm³/mol. The van der Waals surface area contributed by atoms with Gasteiger partial charge in [0.2, 0.25) is 5.91 Å². The van der Waals surface area contributed by atoms with Crippen molar-refractivity contribution in [1.29, 1.82) is 5.26 Å². The van der Waals surface area contributed by atoms with Crippen LogP contribution in [-0.4, -0.2) is 67.6 Å². The number of halogens is 2. The van der Waals surface area contributed by atoms with Gasteiger partial charge in [0.15, 0.2) is 0 Å². The highest BCUT2D eigenvalue weighted by Gasteiger charge is 2.30. The number of anilines is 2. The Bertz CT molecular complexity index is 1300. The van der Waals surface area contributed by atoms with E-state index in [1.54, 1.807) is 0 Å². The van der Waals surface area contributed by atoms with E-state index >= 15 is 0 Å². The molecule has 0 bridgehead atoms. The van der Waals surface area contributed by atoms with Crippen molar-refractivity contribution in [3.05, 3.63) is 58.1 Å². The summed E-state index contributed by atoms with van der Waals surface area (Å²) in [6, 6.07) is 15.9. The fraction of sp³-hybridized carbons (Fsp3) is 0.674. The van der Waals surface area contributed by atoms with Gasteiger partial charge in [-0.3, -0.25) is 4.79 Å². The average Bonchev–Trinajstić information content (AvgIpc) is 3.15. The predicted octanol–water partition coefficient (Wildman–Crippen LogP) is 11.4. The smallest absolute Gasteiger partial charge is 0.230 e. The minimum Gasteiger partial charge on any atom is -0.382 e. The van der Waals surface area contributed by atoms with E-state index in [-0.39, 0.29) is 11.8 Å². The SMILES string of the molecule is CCCCCCCCCCCCCCCCN1CCC(C(=O)N(CCCN2CCC(Nc3ccc(C#N)cc3)CC2)c2ccc(Cl)c(Cl)c2)CC1. The van der Waals surface area contributed by atoms with E-state index in [0.29, 0.717) is 28.2 Å². The Balaban J connectivity index is 1.11. The van der Waals surface area contributed by atoms with Gasteiger partial charge in [-0.25, -0.2) is 0 Å². The lowest BCUT2D eigenvalue weighted by Crippen LogP contribution is -2.44. The molecule has 0 spiro atoms. The van der Waals surface area contributed by atoms with E-state index < -0.39 is 0 Å². The van der Waals surface area contributed by atoms with Crippen LogP contribution in [0.3, 0.4) is 0 Å². The molecule has 0 saturated carbocycles. The lowest BCUT2D eigenvalue weighted by Gasteiger charge is -2.35. The number of benzene rings is 2. The van der Waals surface area contributed by atoms with Crippen molar-refractivity contribution in [3.63, 3.8) is 0 Å². The highest BCUT2D eigenvalue weighted by molar-refractivity contribution is 6.42. The second-order valence-electron chi connectivity index (χ2n) is 15.1. The van der Waals surface area contributed by atoms with Gasteiger partial charge < -0.3 is 20.0 Å². The van der Waals surface area contributed by atoms with Crippen LogP contribution in [0, 0.1) is 17.2 Å². The summed E-state index contributed by atoms with van der Waals surface area (Å²) in [4.78, 5) is 21.1. The average molecular weight is 739 g/mol. The number of carbonyl (C=O) groups excluding carboxylic acids is 1. The van der Waals surface area contributed by atoms with Crippen LogP contribution < -0.4 is 10.2 Å². The van der Waals surface area contributed by atoms with Crippen molar-refractivity contribution >= 4 is 40.5 Å². The van der Waals surface area contributed by atoms with Crippen LogP contribution in [0.15, 0.2) is 42.5 Å². The van der Waals surface area contributed by atoms with Crippen molar-refractivity contribution in [2.45, 2.75) is 135 Å². The van der Waals surface area contributed by atoms with E-state index in [1.165, 1.54) is 89.9 Å². The molecule has 0 atom stereocenters. The number of hydrogen-bond acceptors (Lipinski definition) is 5. The van der Waals surface area contributed by atoms with Gasteiger partial charge in [0.1, 0.15) is 0 Å². The van der Waals surface area contributed by atoms with E-state index in [4.69, 9.17) is 28.5 Å². The zero-order valence-electron chi connectivity index (χ0n) is 31.5. The number of hydrogen-bond donors (Lipinski definition) is 1. The molecule has 2 aliphatic rings. The van der Waals surface area contributed by atoms with Gasteiger partial charge in [0, 0.05) is 43.0 Å². The topological polar surface area (TPSA) is 62.6 Å². The summed E-state index contributed by atoms with van der Waals surface area (Å²) >= 11 is 12.7. The number of unbranched alkanes of at least 4 members (excludes halogenated alkanes) is 13. The summed E-state index contributed by atoms with van der Waals surface area (Å²) in [7, 11) is 0. The zero-order valence-corrected chi connectivity index (χ0v) is 33.0. The van der Waals surface area contributed by atoms with Crippen molar-refractivity contribution < 1.29 is 4.79 Å². The Morgan fingerprint density at radius 3 is 1.80 bits per heavy atom. The minimum absolute atomic E-state index is 0.0519. The van der Waals surface area contributed by atoms with E-state index in [2.05, 4.69) is 28.1 Å². The van der Waals surface area contributed by atoms with E-state index in [1.807, 2.05) is 47.4 Å². The Kier molecular flexibility index (Phi) is 19.6. The molecule has 1 amide bonds. The van der Waals surface area contributed by atoms with Gasteiger partial charge in [-0.1, -0.05) is 114 Å². The Hall–Kier alpha value is -2.30. The third-order valence-electron chi connectivity index (χ3n) is 11.1. The molecule has 51 heavy (non-hydrogen) atoms. The first-order valence-corrected chi connectivity index (χ1v) is 21.2. The number of likely N-dealkylation sites (tertiary alicyclic amines) is 2. The maximum absolute atomic E-state index is 14.0. The van der Waals surface area contributed by atoms with Crippen molar-refractivity contribution in [2.24, 2.45) is 5.92 Å². The maximum Gasteiger partial charge on any atom is 0.230 e. The van der Waals surface area contributed by atoms with Crippen molar-refractivity contribution in [1.82, 2.24) is 9.80 Å². The zero-order chi connectivity index (χ0) is 36.1. The van der Waals surface area contributed by atoms with Crippen molar-refractivity contribution in [3.8, 4) is 6.07 Å². The first kappa shape index (κ1) is 41.5. The number of rotatable bonds is 23. The third-order valence-corrected chi connectivity index (χ3v) is 11.8. The van der Waals surface area contributed by atoms with Gasteiger partial charge in [-0.05, 0) is 107 Å². The molecule has 0 aromatic heterocycles. The summed E-state index contributed by atoms with van der Waals surface area (Å²) in [5.41, 5.74) is 2.61. The Labute approximate surface area is 320 Å². The van der Waals surface area contributed by atoms with Gasteiger partial charge in [-0.15, -0.1) is 0 Å². The number of nitriles is 1. The molecule has 2 fully saturated rings. The Morgan fingerprint density at radius 2 is 1.25 bits per heavy atom. The molecule has 1 N–H and O–H groups in total. The molecule has 2 aromatic rings. The fourth-order valence-corrected chi connectivity index (χ4v) is 8.10. The first-order chi connectivity index (χ1) is 25.0. The normalized spacial score (nSPS) is 16.3. The van der Waals surface area contributed by atoms with Crippen molar-refractivity contribution in [2.75, 3.05) is 56.0 Å². The summed E-state index contributed by atoms with van der Waals surface area (Å²) < 4.78 is 0. The van der Waals surface area contributed by atoms with E-state index in [9.17, 15) is 4.79 Å². The number of piperidine rings is 2. The molecule has 0 aliphatic carbocycles. The molecule has 8 heteroatoms. The number of amides is 1. The number of nitrogens with one attached hydrogen (secondary N) is 1. The summed E-state index contributed by atoms with van der Waals surface area (Å²) in [5, 5.41) is 13.7. The van der Waals surface area contributed by atoms with Crippen LogP contribution in [0.25, 0.3) is 0 Å². The summed E-state index contributed by atoms with van der Waals surface area (Å²) in [6.07, 6.45) is 24.4. The van der Waals surface area contributed by atoms with Gasteiger partial charge in [-0.2, -0.15) is 5.26 Å². The standard InChI is InChI=1S/C43H65Cl2N5O/c1-2-3-4-5-6-7-8-9-10-11-12-13-14-15-27-48-30-23-37(24-31-48)43(51)50(40-21-22-41(44)42(45)34-40)29-16-28-49-32-25-39(26-33-49)47-38-19-17-36(35-46)18-20-38/h17-22,34,37,39,47H,2-16,23-33H2,1H3. The molecule has 2 heterocycles. The quantitative estimate of drug-likeness (QED) is 0.115. The lowest BCUT2D eigenvalue weighted by atomic mass is 9.94. The molecular formula is C43H65Cl2N5O. The van der Waals surface area contributed by atoms with Crippen LogP contribution in [0.2, 0.25) is 10.0 Å². The molecule has 2 saturated heterocycles. The minimum atomic E-state index is 0.0519. The van der Waals surface area contributed by atoms with E-state index in [0.717, 1.165) is 82.7 Å². The lowest BCUT2D eigenvalue weighted by molar-refractivity contribution is -0.123. The van der Waals surface area contributed by atoms with Crippen LogP contribution >= 0.6 is 23.2 Å². The highest BCUT2D eigenvalue weighted by atomic mass is 35.5. The fourth-order valence-electron chi connectivity index (χ4n) is 7.80. The largest absolute Gasteiger partial charge is 0.382 e. The summed E-state index contributed by atoms with van der Waals surface area (Å²) in [5.74, 6) is 0.283. The number of carbonyl (C=O) groups is 1. The van der Waals surface area contributed by atoms with Crippen LogP contribution in [0.4, 0.5) is 11.4 Å². The summed E-state index contributed by atoms with van der Waals surface area (Å²) in [6.45, 7) is 9.18. The van der Waals surface area contributed by atoms with Crippen LogP contribution in [0.1, 0.15) is 134 Å². The van der Waals surface area contributed by atoms with Crippen LogP contribution in [0.5, 0.6) is 0 Å². The highest BCUT2D eigenvalue weighted by Crippen LogP contribution is 2.30. The Morgan fingerprint density at radius 1 is 0.725 bits per heavy atom. The molecule has 4 rings (SSSR count). The second kappa shape index (κ2) is 24.1. The van der Waals surface area contributed by atoms with Gasteiger partial charge in [0.25, 0.3) is 0 Å². The first-order valence-electron chi connectivity index (χ1n) is 20.4.